The number of nitrogens with zero attached hydrogens (tertiary/aromatic N) is 2. The third-order valence-electron chi connectivity index (χ3n) is 6.61. The Labute approximate surface area is 200 Å². The maximum absolute atomic E-state index is 14.1. The molecular formula is C27H34F2N2O3. The summed E-state index contributed by atoms with van der Waals surface area (Å²) in [5, 5.41) is 0. The van der Waals surface area contributed by atoms with Gasteiger partial charge in [-0.25, -0.2) is 8.78 Å². The fourth-order valence-electron chi connectivity index (χ4n) is 4.67. The highest BCUT2D eigenvalue weighted by atomic mass is 19.2. The topological polar surface area (TPSA) is 49.9 Å². The van der Waals surface area contributed by atoms with Gasteiger partial charge in [0.2, 0.25) is 5.91 Å². The number of methoxy groups -OCH3 is 1. The molecule has 2 amide bonds. The number of carbonyl (C=O) groups is 2. The average molecular weight is 473 g/mol. The SMILES string of the molecule is COc1cccc(CC(C2CCN(C(=O)c3cccc(F)c3F)CC2)N(C)C(=O)CC(C)C)c1. The van der Waals surface area contributed by atoms with Crippen molar-refractivity contribution >= 4 is 11.8 Å². The van der Waals surface area contributed by atoms with Gasteiger partial charge in [-0.05, 0) is 60.9 Å². The third-order valence-corrected chi connectivity index (χ3v) is 6.61. The van der Waals surface area contributed by atoms with E-state index in [1.165, 1.54) is 12.1 Å². The van der Waals surface area contributed by atoms with Gasteiger partial charge >= 0.3 is 0 Å². The van der Waals surface area contributed by atoms with Crippen LogP contribution in [0.2, 0.25) is 0 Å². The first kappa shape index (κ1) is 25.7. The zero-order valence-corrected chi connectivity index (χ0v) is 20.4. The van der Waals surface area contributed by atoms with Gasteiger partial charge in [-0.1, -0.05) is 32.0 Å². The van der Waals surface area contributed by atoms with E-state index < -0.39 is 17.5 Å². The maximum Gasteiger partial charge on any atom is 0.256 e. The van der Waals surface area contributed by atoms with Crippen molar-refractivity contribution in [2.45, 2.75) is 45.6 Å². The number of hydrogen-bond acceptors (Lipinski definition) is 3. The van der Waals surface area contributed by atoms with E-state index in [-0.39, 0.29) is 29.3 Å². The fourth-order valence-corrected chi connectivity index (χ4v) is 4.67. The first-order valence-electron chi connectivity index (χ1n) is 11.8. The molecule has 184 valence electrons. The van der Waals surface area contributed by atoms with Gasteiger partial charge in [0, 0.05) is 32.6 Å². The number of likely N-dealkylation sites (tertiary alicyclic amines) is 1. The van der Waals surface area contributed by atoms with E-state index in [1.807, 2.05) is 50.1 Å². The van der Waals surface area contributed by atoms with Crippen LogP contribution in [-0.4, -0.2) is 54.9 Å². The second-order valence-corrected chi connectivity index (χ2v) is 9.46. The molecule has 0 saturated carbocycles. The summed E-state index contributed by atoms with van der Waals surface area (Å²) in [6.45, 7) is 4.91. The van der Waals surface area contributed by atoms with Gasteiger partial charge in [0.15, 0.2) is 11.6 Å². The highest BCUT2D eigenvalue weighted by Gasteiger charge is 2.33. The molecule has 5 nitrogen and oxygen atoms in total. The minimum atomic E-state index is -1.11. The van der Waals surface area contributed by atoms with E-state index in [0.29, 0.717) is 38.8 Å². The Balaban J connectivity index is 1.75. The lowest BCUT2D eigenvalue weighted by atomic mass is 9.84. The van der Waals surface area contributed by atoms with E-state index in [9.17, 15) is 18.4 Å². The van der Waals surface area contributed by atoms with Crippen LogP contribution >= 0.6 is 0 Å². The summed E-state index contributed by atoms with van der Waals surface area (Å²) in [6.07, 6.45) is 2.50. The van der Waals surface area contributed by atoms with Crippen molar-refractivity contribution in [2.24, 2.45) is 11.8 Å². The summed E-state index contributed by atoms with van der Waals surface area (Å²) >= 11 is 0. The summed E-state index contributed by atoms with van der Waals surface area (Å²) in [7, 11) is 3.48. The molecule has 1 unspecified atom stereocenters. The van der Waals surface area contributed by atoms with Crippen molar-refractivity contribution in [1.82, 2.24) is 9.80 Å². The van der Waals surface area contributed by atoms with Crippen LogP contribution in [-0.2, 0) is 11.2 Å². The van der Waals surface area contributed by atoms with Crippen molar-refractivity contribution in [2.75, 3.05) is 27.2 Å². The number of ether oxygens (including phenoxy) is 1. The lowest BCUT2D eigenvalue weighted by Gasteiger charge is -2.40. The van der Waals surface area contributed by atoms with E-state index in [2.05, 4.69) is 0 Å². The van der Waals surface area contributed by atoms with Crippen LogP contribution in [0, 0.1) is 23.5 Å². The normalized spacial score (nSPS) is 15.3. The van der Waals surface area contributed by atoms with Gasteiger partial charge in [-0.15, -0.1) is 0 Å². The Morgan fingerprint density at radius 3 is 2.44 bits per heavy atom. The standard InChI is InChI=1S/C27H34F2N2O3/c1-18(2)15-25(32)30(3)24(17-19-7-5-8-21(16-19)34-4)20-11-13-31(14-12-20)27(33)22-9-6-10-23(28)26(22)29/h5-10,16,18,20,24H,11-15,17H2,1-4H3. The molecule has 1 aliphatic rings. The van der Waals surface area contributed by atoms with Crippen LogP contribution in [0.15, 0.2) is 42.5 Å². The number of benzene rings is 2. The molecule has 1 saturated heterocycles. The molecule has 1 atom stereocenters. The third kappa shape index (κ3) is 6.13. The van der Waals surface area contributed by atoms with E-state index in [1.54, 1.807) is 12.0 Å². The molecule has 0 aliphatic carbocycles. The van der Waals surface area contributed by atoms with Crippen molar-refractivity contribution in [1.29, 1.82) is 0 Å². The molecule has 3 rings (SSSR count). The van der Waals surface area contributed by atoms with Crippen LogP contribution < -0.4 is 4.74 Å². The van der Waals surface area contributed by atoms with Gasteiger partial charge in [-0.2, -0.15) is 0 Å². The summed E-state index contributed by atoms with van der Waals surface area (Å²) in [5.74, 6) is -1.33. The molecule has 1 heterocycles. The predicted octanol–water partition coefficient (Wildman–Crippen LogP) is 4.94. The van der Waals surface area contributed by atoms with Crippen LogP contribution in [0.5, 0.6) is 5.75 Å². The second kappa shape index (κ2) is 11.4. The molecule has 0 bridgehead atoms. The summed E-state index contributed by atoms with van der Waals surface area (Å²) in [6, 6.07) is 11.5. The molecule has 1 aliphatic heterocycles. The molecule has 1 fully saturated rings. The fraction of sp³-hybridized carbons (Fsp3) is 0.481. The number of halogens is 2. The molecule has 0 spiro atoms. The lowest BCUT2D eigenvalue weighted by molar-refractivity contribution is -0.134. The van der Waals surface area contributed by atoms with E-state index in [4.69, 9.17) is 4.74 Å². The molecular weight excluding hydrogens is 438 g/mol. The van der Waals surface area contributed by atoms with Crippen LogP contribution in [0.25, 0.3) is 0 Å². The van der Waals surface area contributed by atoms with E-state index in [0.717, 1.165) is 17.4 Å². The predicted molar refractivity (Wildman–Crippen MR) is 128 cm³/mol. The van der Waals surface area contributed by atoms with Gasteiger partial charge in [0.1, 0.15) is 5.75 Å². The number of piperidine rings is 1. The number of likely N-dealkylation sites (N-methyl/N-ethyl adjacent to an activating group) is 1. The zero-order chi connectivity index (χ0) is 24.8. The molecule has 7 heteroatoms. The highest BCUT2D eigenvalue weighted by Crippen LogP contribution is 2.29. The van der Waals surface area contributed by atoms with Crippen LogP contribution in [0.4, 0.5) is 8.78 Å². The molecule has 2 aromatic rings. The molecule has 0 aromatic heterocycles. The van der Waals surface area contributed by atoms with Crippen molar-refractivity contribution in [3.63, 3.8) is 0 Å². The Hall–Kier alpha value is -2.96. The maximum atomic E-state index is 14.1. The van der Waals surface area contributed by atoms with Gasteiger partial charge < -0.3 is 14.5 Å². The number of rotatable bonds is 8. The number of carbonyl (C=O) groups excluding carboxylic acids is 2. The van der Waals surface area contributed by atoms with Gasteiger partial charge in [0.05, 0.1) is 12.7 Å². The first-order valence-corrected chi connectivity index (χ1v) is 11.8. The number of hydrogen-bond donors (Lipinski definition) is 0. The average Bonchev–Trinajstić information content (AvgIpc) is 2.83. The molecule has 34 heavy (non-hydrogen) atoms. The van der Waals surface area contributed by atoms with Crippen molar-refractivity contribution in [3.8, 4) is 5.75 Å². The highest BCUT2D eigenvalue weighted by molar-refractivity contribution is 5.94. The Morgan fingerprint density at radius 1 is 1.12 bits per heavy atom. The monoisotopic (exact) mass is 472 g/mol. The summed E-state index contributed by atoms with van der Waals surface area (Å²) < 4.78 is 33.1. The zero-order valence-electron chi connectivity index (χ0n) is 20.4. The molecule has 0 N–H and O–H groups in total. The van der Waals surface area contributed by atoms with Gasteiger partial charge in [-0.3, -0.25) is 9.59 Å². The Bertz CT molecular complexity index is 1000. The minimum Gasteiger partial charge on any atom is -0.497 e. The minimum absolute atomic E-state index is 0.0403. The van der Waals surface area contributed by atoms with Crippen molar-refractivity contribution in [3.05, 3.63) is 65.2 Å². The second-order valence-electron chi connectivity index (χ2n) is 9.46. The van der Waals surface area contributed by atoms with Crippen LogP contribution in [0.1, 0.15) is 49.0 Å². The smallest absolute Gasteiger partial charge is 0.256 e. The van der Waals surface area contributed by atoms with Crippen molar-refractivity contribution < 1.29 is 23.1 Å². The first-order chi connectivity index (χ1) is 16.2. The van der Waals surface area contributed by atoms with Crippen LogP contribution in [0.3, 0.4) is 0 Å². The lowest BCUT2D eigenvalue weighted by Crippen LogP contribution is -2.48. The summed E-state index contributed by atoms with van der Waals surface area (Å²) in [4.78, 5) is 29.2. The molecule has 0 radical (unpaired) electrons. The molecule has 2 aromatic carbocycles. The Kier molecular flexibility index (Phi) is 8.64. The van der Waals surface area contributed by atoms with Gasteiger partial charge in [0.25, 0.3) is 5.91 Å². The quantitative estimate of drug-likeness (QED) is 0.547. The Morgan fingerprint density at radius 2 is 1.79 bits per heavy atom. The largest absolute Gasteiger partial charge is 0.497 e. The number of amides is 2. The summed E-state index contributed by atoms with van der Waals surface area (Å²) in [5.41, 5.74) is 0.837. The van der Waals surface area contributed by atoms with E-state index >= 15 is 0 Å².